The van der Waals surface area contributed by atoms with E-state index in [0.29, 0.717) is 0 Å². The summed E-state index contributed by atoms with van der Waals surface area (Å²) in [4.78, 5) is 0. The molecule has 0 nitrogen and oxygen atoms in total. The lowest BCUT2D eigenvalue weighted by Gasteiger charge is -2.30. The van der Waals surface area contributed by atoms with Crippen molar-refractivity contribution < 1.29 is 0 Å². The fourth-order valence-corrected chi connectivity index (χ4v) is 4.22. The van der Waals surface area contributed by atoms with Crippen LogP contribution in [0, 0.1) is 11.8 Å². The highest BCUT2D eigenvalue weighted by Gasteiger charge is 2.23. The summed E-state index contributed by atoms with van der Waals surface area (Å²) < 4.78 is 0. The van der Waals surface area contributed by atoms with Gasteiger partial charge in [-0.15, -0.1) is 0 Å². The van der Waals surface area contributed by atoms with E-state index in [1.165, 1.54) is 47.2 Å². The SMILES string of the molecule is CCC(C)C1CCc2c(ccc3c2ccc2ccccc23)C1. The molecule has 0 saturated heterocycles. The quantitative estimate of drug-likeness (QED) is 0.496. The lowest BCUT2D eigenvalue weighted by Crippen LogP contribution is -2.20. The van der Waals surface area contributed by atoms with Crippen LogP contribution in [0.1, 0.15) is 37.8 Å². The standard InChI is InChI=1S/C22H24/c1-3-15(2)17-9-11-20-18(14-17)10-13-21-19-7-5-4-6-16(19)8-12-22(20)21/h4-8,10,12-13,15,17H,3,9,11,14H2,1-2H3. The first-order valence-electron chi connectivity index (χ1n) is 8.70. The minimum absolute atomic E-state index is 0.848. The molecule has 112 valence electrons. The third kappa shape index (κ3) is 2.13. The Bertz CT molecular complexity index is 828. The Balaban J connectivity index is 1.86. The van der Waals surface area contributed by atoms with Gasteiger partial charge >= 0.3 is 0 Å². The zero-order valence-corrected chi connectivity index (χ0v) is 13.6. The molecule has 0 bridgehead atoms. The summed E-state index contributed by atoms with van der Waals surface area (Å²) >= 11 is 0. The van der Waals surface area contributed by atoms with Gasteiger partial charge in [0.05, 0.1) is 0 Å². The second-order valence-electron chi connectivity index (χ2n) is 6.97. The molecule has 3 aromatic rings. The fraction of sp³-hybridized carbons (Fsp3) is 0.364. The summed E-state index contributed by atoms with van der Waals surface area (Å²) in [5.41, 5.74) is 3.21. The van der Waals surface area contributed by atoms with E-state index >= 15 is 0 Å². The average Bonchev–Trinajstić information content (AvgIpc) is 2.59. The van der Waals surface area contributed by atoms with Gasteiger partial charge in [0.1, 0.15) is 0 Å². The first-order chi connectivity index (χ1) is 10.8. The van der Waals surface area contributed by atoms with Gasteiger partial charge in [-0.1, -0.05) is 68.8 Å². The van der Waals surface area contributed by atoms with E-state index in [4.69, 9.17) is 0 Å². The van der Waals surface area contributed by atoms with Crippen molar-refractivity contribution >= 4 is 21.5 Å². The molecule has 0 aliphatic heterocycles. The highest BCUT2D eigenvalue weighted by atomic mass is 14.3. The normalized spacial score (nSPS) is 19.3. The predicted octanol–water partition coefficient (Wildman–Crippen LogP) is 6.14. The van der Waals surface area contributed by atoms with Crippen LogP contribution in [0.3, 0.4) is 0 Å². The molecule has 0 spiro atoms. The Morgan fingerprint density at radius 2 is 1.77 bits per heavy atom. The van der Waals surface area contributed by atoms with Crippen LogP contribution in [0.4, 0.5) is 0 Å². The van der Waals surface area contributed by atoms with Gasteiger partial charge in [0.2, 0.25) is 0 Å². The van der Waals surface area contributed by atoms with Crippen LogP contribution in [-0.4, -0.2) is 0 Å². The molecule has 0 radical (unpaired) electrons. The molecular formula is C22H24. The van der Waals surface area contributed by atoms with Crippen molar-refractivity contribution in [1.29, 1.82) is 0 Å². The monoisotopic (exact) mass is 288 g/mol. The van der Waals surface area contributed by atoms with Crippen molar-refractivity contribution in [3.63, 3.8) is 0 Å². The smallest absolute Gasteiger partial charge is 0.0102 e. The molecule has 2 atom stereocenters. The van der Waals surface area contributed by atoms with Crippen molar-refractivity contribution in [2.75, 3.05) is 0 Å². The molecule has 2 unspecified atom stereocenters. The Morgan fingerprint density at radius 1 is 0.955 bits per heavy atom. The third-order valence-electron chi connectivity index (χ3n) is 5.83. The summed E-state index contributed by atoms with van der Waals surface area (Å²) in [6, 6.07) is 18.2. The van der Waals surface area contributed by atoms with E-state index in [9.17, 15) is 0 Å². The second kappa shape index (κ2) is 5.43. The molecule has 4 rings (SSSR count). The van der Waals surface area contributed by atoms with Gasteiger partial charge in [-0.25, -0.2) is 0 Å². The van der Waals surface area contributed by atoms with E-state index in [1.807, 2.05) is 0 Å². The van der Waals surface area contributed by atoms with E-state index in [0.717, 1.165) is 11.8 Å². The van der Waals surface area contributed by atoms with Crippen LogP contribution in [0.25, 0.3) is 21.5 Å². The minimum Gasteiger partial charge on any atom is -0.0651 e. The zero-order valence-electron chi connectivity index (χ0n) is 13.6. The summed E-state index contributed by atoms with van der Waals surface area (Å²) in [6.45, 7) is 4.75. The maximum atomic E-state index is 2.42. The van der Waals surface area contributed by atoms with E-state index < -0.39 is 0 Å². The van der Waals surface area contributed by atoms with Crippen LogP contribution in [-0.2, 0) is 12.8 Å². The molecule has 0 heteroatoms. The highest BCUT2D eigenvalue weighted by Crippen LogP contribution is 2.37. The number of fused-ring (bicyclic) bond motifs is 5. The number of hydrogen-bond donors (Lipinski definition) is 0. The highest BCUT2D eigenvalue weighted by molar-refractivity contribution is 6.08. The molecule has 0 amide bonds. The molecule has 0 saturated carbocycles. The van der Waals surface area contributed by atoms with Crippen LogP contribution < -0.4 is 0 Å². The average molecular weight is 288 g/mol. The molecule has 22 heavy (non-hydrogen) atoms. The summed E-state index contributed by atoms with van der Waals surface area (Å²) in [5.74, 6) is 1.72. The van der Waals surface area contributed by atoms with Crippen LogP contribution in [0.2, 0.25) is 0 Å². The Morgan fingerprint density at radius 3 is 2.64 bits per heavy atom. The molecule has 0 heterocycles. The van der Waals surface area contributed by atoms with Gasteiger partial charge in [0.25, 0.3) is 0 Å². The molecule has 0 fully saturated rings. The van der Waals surface area contributed by atoms with E-state index in [1.54, 1.807) is 11.1 Å². The Hall–Kier alpha value is -1.82. The molecule has 0 aromatic heterocycles. The number of aryl methyl sites for hydroxylation is 1. The van der Waals surface area contributed by atoms with Gasteiger partial charge in [-0.05, 0) is 63.8 Å². The van der Waals surface area contributed by atoms with Gasteiger partial charge in [0, 0.05) is 0 Å². The first kappa shape index (κ1) is 13.8. The van der Waals surface area contributed by atoms with Crippen molar-refractivity contribution in [3.05, 3.63) is 59.7 Å². The lowest BCUT2D eigenvalue weighted by atomic mass is 9.75. The Labute approximate surface area is 133 Å². The maximum absolute atomic E-state index is 2.42. The Kier molecular flexibility index (Phi) is 3.41. The van der Waals surface area contributed by atoms with Crippen LogP contribution >= 0.6 is 0 Å². The predicted molar refractivity (Wildman–Crippen MR) is 96.4 cm³/mol. The van der Waals surface area contributed by atoms with Gasteiger partial charge in [-0.2, -0.15) is 0 Å². The van der Waals surface area contributed by atoms with Crippen molar-refractivity contribution in [2.45, 2.75) is 39.5 Å². The van der Waals surface area contributed by atoms with Crippen molar-refractivity contribution in [2.24, 2.45) is 11.8 Å². The minimum atomic E-state index is 0.848. The van der Waals surface area contributed by atoms with E-state index in [-0.39, 0.29) is 0 Å². The van der Waals surface area contributed by atoms with Gasteiger partial charge < -0.3 is 0 Å². The van der Waals surface area contributed by atoms with E-state index in [2.05, 4.69) is 62.4 Å². The van der Waals surface area contributed by atoms with Gasteiger partial charge in [0.15, 0.2) is 0 Å². The molecule has 1 aliphatic carbocycles. The van der Waals surface area contributed by atoms with Gasteiger partial charge in [-0.3, -0.25) is 0 Å². The molecule has 0 N–H and O–H groups in total. The number of rotatable bonds is 2. The fourth-order valence-electron chi connectivity index (χ4n) is 4.22. The van der Waals surface area contributed by atoms with Crippen LogP contribution in [0.15, 0.2) is 48.5 Å². The third-order valence-corrected chi connectivity index (χ3v) is 5.83. The second-order valence-corrected chi connectivity index (χ2v) is 6.97. The van der Waals surface area contributed by atoms with Crippen LogP contribution in [0.5, 0.6) is 0 Å². The lowest BCUT2D eigenvalue weighted by molar-refractivity contribution is 0.313. The maximum Gasteiger partial charge on any atom is -0.0102 e. The zero-order chi connectivity index (χ0) is 15.1. The van der Waals surface area contributed by atoms with Crippen molar-refractivity contribution in [1.82, 2.24) is 0 Å². The van der Waals surface area contributed by atoms with Crippen molar-refractivity contribution in [3.8, 4) is 0 Å². The molecule has 1 aliphatic rings. The molecule has 3 aromatic carbocycles. The molecular weight excluding hydrogens is 264 g/mol. The summed E-state index contributed by atoms with van der Waals surface area (Å²) in [7, 11) is 0. The topological polar surface area (TPSA) is 0 Å². The number of hydrogen-bond acceptors (Lipinski definition) is 0. The summed E-state index contributed by atoms with van der Waals surface area (Å²) in [5, 5.41) is 5.66. The first-order valence-corrected chi connectivity index (χ1v) is 8.70. The summed E-state index contributed by atoms with van der Waals surface area (Å²) in [6.07, 6.45) is 5.18. The largest absolute Gasteiger partial charge is 0.0651 e. The number of benzene rings is 3.